The van der Waals surface area contributed by atoms with Crippen LogP contribution in [0.3, 0.4) is 0 Å². The van der Waals surface area contributed by atoms with E-state index in [0.717, 1.165) is 6.07 Å². The van der Waals surface area contributed by atoms with Crippen molar-refractivity contribution in [1.82, 2.24) is 0 Å². The molecule has 2 rings (SSSR count). The van der Waals surface area contributed by atoms with Crippen LogP contribution in [0.1, 0.15) is 23.5 Å². The van der Waals surface area contributed by atoms with Crippen molar-refractivity contribution in [2.24, 2.45) is 0 Å². The van der Waals surface area contributed by atoms with E-state index in [9.17, 15) is 28.2 Å². The van der Waals surface area contributed by atoms with E-state index in [1.807, 2.05) is 0 Å². The molecule has 130 valence electrons. The van der Waals surface area contributed by atoms with Crippen molar-refractivity contribution in [3.63, 3.8) is 0 Å². The van der Waals surface area contributed by atoms with Crippen LogP contribution in [-0.4, -0.2) is 22.3 Å². The summed E-state index contributed by atoms with van der Waals surface area (Å²) in [4.78, 5) is 12.0. The third kappa shape index (κ3) is 3.53. The minimum atomic E-state index is -5.12. The molecule has 1 amide bonds. The highest BCUT2D eigenvalue weighted by atomic mass is 19.4. The average molecular weight is 343 g/mol. The fourth-order valence-electron chi connectivity index (χ4n) is 2.16. The molecule has 1 unspecified atom stereocenters. The van der Waals surface area contributed by atoms with Crippen LogP contribution in [-0.2, 0) is 10.4 Å². The molecule has 1 aromatic carbocycles. The molecule has 5 nitrogen and oxygen atoms in total. The summed E-state index contributed by atoms with van der Waals surface area (Å²) in [5, 5.41) is 21.9. The van der Waals surface area contributed by atoms with Crippen LogP contribution in [0.25, 0.3) is 0 Å². The van der Waals surface area contributed by atoms with Crippen LogP contribution in [0, 0.1) is 13.8 Å². The Morgan fingerprint density at radius 2 is 1.88 bits per heavy atom. The minimum Gasteiger partial charge on any atom is -0.506 e. The molecule has 2 aromatic rings. The van der Waals surface area contributed by atoms with Crippen molar-refractivity contribution in [3.8, 4) is 5.75 Å². The maximum Gasteiger partial charge on any atom is 0.425 e. The first-order valence-corrected chi connectivity index (χ1v) is 6.98. The maximum atomic E-state index is 13.3. The first kappa shape index (κ1) is 17.9. The number of alkyl halides is 3. The largest absolute Gasteiger partial charge is 0.506 e. The van der Waals surface area contributed by atoms with E-state index in [4.69, 9.17) is 4.42 Å². The summed E-state index contributed by atoms with van der Waals surface area (Å²) in [5.74, 6) is -2.00. The third-order valence-electron chi connectivity index (χ3n) is 3.46. The molecular formula is C16H16F3NO4. The van der Waals surface area contributed by atoms with Gasteiger partial charge in [-0.05, 0) is 43.7 Å². The molecule has 0 radical (unpaired) electrons. The SMILES string of the molecule is Cc1ccc(NC(=O)CC(O)(c2ccc(C)o2)C(F)(F)F)c(O)c1. The molecule has 0 aliphatic heterocycles. The number of phenolic OH excluding ortho intramolecular Hbond substituents is 1. The maximum absolute atomic E-state index is 13.3. The van der Waals surface area contributed by atoms with Gasteiger partial charge in [-0.1, -0.05) is 6.07 Å². The number of aliphatic hydroxyl groups is 1. The number of rotatable bonds is 4. The number of halogens is 3. The lowest BCUT2D eigenvalue weighted by Gasteiger charge is -2.28. The Kier molecular flexibility index (Phi) is 4.61. The predicted molar refractivity (Wildman–Crippen MR) is 79.5 cm³/mol. The summed E-state index contributed by atoms with van der Waals surface area (Å²) in [6.07, 6.45) is -6.43. The number of benzene rings is 1. The average Bonchev–Trinajstić information content (AvgIpc) is 2.87. The van der Waals surface area contributed by atoms with Gasteiger partial charge in [0.05, 0.1) is 12.1 Å². The Labute approximate surface area is 135 Å². The monoisotopic (exact) mass is 343 g/mol. The molecular weight excluding hydrogens is 327 g/mol. The second-order valence-electron chi connectivity index (χ2n) is 5.51. The van der Waals surface area contributed by atoms with Crippen LogP contribution >= 0.6 is 0 Å². The number of carbonyl (C=O) groups is 1. The van der Waals surface area contributed by atoms with Gasteiger partial charge in [0.2, 0.25) is 11.5 Å². The van der Waals surface area contributed by atoms with Crippen LogP contribution in [0.15, 0.2) is 34.7 Å². The number of hydrogen-bond acceptors (Lipinski definition) is 4. The Morgan fingerprint density at radius 3 is 2.38 bits per heavy atom. The Morgan fingerprint density at radius 1 is 1.21 bits per heavy atom. The van der Waals surface area contributed by atoms with E-state index in [1.165, 1.54) is 25.1 Å². The number of aryl methyl sites for hydroxylation is 2. The lowest BCUT2D eigenvalue weighted by Crippen LogP contribution is -2.44. The van der Waals surface area contributed by atoms with E-state index >= 15 is 0 Å². The lowest BCUT2D eigenvalue weighted by atomic mass is 9.95. The van der Waals surface area contributed by atoms with Gasteiger partial charge in [0.15, 0.2) is 0 Å². The minimum absolute atomic E-state index is 0.0502. The number of aromatic hydroxyl groups is 1. The molecule has 1 aromatic heterocycles. The number of hydrogen-bond donors (Lipinski definition) is 3. The molecule has 0 aliphatic rings. The van der Waals surface area contributed by atoms with E-state index in [2.05, 4.69) is 5.32 Å². The molecule has 24 heavy (non-hydrogen) atoms. The standard InChI is InChI=1S/C16H16F3NO4/c1-9-3-5-11(12(21)7-9)20-14(22)8-15(23,16(17,18)19)13-6-4-10(2)24-13/h3-7,21,23H,8H2,1-2H3,(H,20,22). The van der Waals surface area contributed by atoms with Crippen molar-refractivity contribution in [1.29, 1.82) is 0 Å². The molecule has 0 saturated heterocycles. The fourth-order valence-corrected chi connectivity index (χ4v) is 2.16. The van der Waals surface area contributed by atoms with E-state index < -0.39 is 29.9 Å². The zero-order valence-electron chi connectivity index (χ0n) is 12.9. The molecule has 0 aliphatic carbocycles. The van der Waals surface area contributed by atoms with E-state index in [-0.39, 0.29) is 17.2 Å². The number of amides is 1. The van der Waals surface area contributed by atoms with Gasteiger partial charge >= 0.3 is 6.18 Å². The lowest BCUT2D eigenvalue weighted by molar-refractivity contribution is -0.272. The summed E-state index contributed by atoms with van der Waals surface area (Å²) in [6, 6.07) is 6.50. The quantitative estimate of drug-likeness (QED) is 0.743. The normalized spacial score (nSPS) is 14.2. The summed E-state index contributed by atoms with van der Waals surface area (Å²) in [6.45, 7) is 3.12. The Hall–Kier alpha value is -2.48. The molecule has 1 heterocycles. The Balaban J connectivity index is 2.25. The second-order valence-corrected chi connectivity index (χ2v) is 5.51. The van der Waals surface area contributed by atoms with Gasteiger partial charge in [-0.15, -0.1) is 0 Å². The fraction of sp³-hybridized carbons (Fsp3) is 0.312. The van der Waals surface area contributed by atoms with Crippen LogP contribution < -0.4 is 5.32 Å². The summed E-state index contributed by atoms with van der Waals surface area (Å²) in [5.41, 5.74) is -2.81. The van der Waals surface area contributed by atoms with Gasteiger partial charge in [0.1, 0.15) is 17.3 Å². The van der Waals surface area contributed by atoms with Crippen LogP contribution in [0.5, 0.6) is 5.75 Å². The number of phenols is 1. The predicted octanol–water partition coefficient (Wildman–Crippen LogP) is 3.38. The summed E-state index contributed by atoms with van der Waals surface area (Å²) >= 11 is 0. The summed E-state index contributed by atoms with van der Waals surface area (Å²) in [7, 11) is 0. The van der Waals surface area contributed by atoms with Crippen molar-refractivity contribution < 1.29 is 32.6 Å². The highest BCUT2D eigenvalue weighted by molar-refractivity contribution is 5.93. The van der Waals surface area contributed by atoms with Crippen molar-refractivity contribution in [2.45, 2.75) is 32.0 Å². The van der Waals surface area contributed by atoms with Crippen LogP contribution in [0.4, 0.5) is 18.9 Å². The first-order valence-electron chi connectivity index (χ1n) is 6.98. The molecule has 0 spiro atoms. The smallest absolute Gasteiger partial charge is 0.425 e. The molecule has 0 fully saturated rings. The second kappa shape index (κ2) is 6.20. The van der Waals surface area contributed by atoms with Gasteiger partial charge in [-0.2, -0.15) is 13.2 Å². The Bertz CT molecular complexity index is 754. The topological polar surface area (TPSA) is 82.7 Å². The first-order chi connectivity index (χ1) is 11.0. The summed E-state index contributed by atoms with van der Waals surface area (Å²) < 4.78 is 44.7. The molecule has 3 N–H and O–H groups in total. The van der Waals surface area contributed by atoms with Gasteiger partial charge in [0.25, 0.3) is 0 Å². The van der Waals surface area contributed by atoms with Crippen LogP contribution in [0.2, 0.25) is 0 Å². The highest BCUT2D eigenvalue weighted by Gasteiger charge is 2.58. The van der Waals surface area contributed by atoms with Crippen molar-refractivity contribution in [3.05, 3.63) is 47.4 Å². The molecule has 0 saturated carbocycles. The van der Waals surface area contributed by atoms with Gasteiger partial charge in [0, 0.05) is 0 Å². The zero-order chi connectivity index (χ0) is 18.1. The van der Waals surface area contributed by atoms with E-state index in [0.29, 0.717) is 5.56 Å². The number of furan rings is 1. The van der Waals surface area contributed by atoms with Crippen molar-refractivity contribution >= 4 is 11.6 Å². The molecule has 0 bridgehead atoms. The number of anilines is 1. The molecule has 1 atom stereocenters. The van der Waals surface area contributed by atoms with Crippen molar-refractivity contribution in [2.75, 3.05) is 5.32 Å². The van der Waals surface area contributed by atoms with Gasteiger partial charge in [-0.25, -0.2) is 0 Å². The zero-order valence-corrected chi connectivity index (χ0v) is 12.9. The van der Waals surface area contributed by atoms with Gasteiger partial charge in [-0.3, -0.25) is 4.79 Å². The van der Waals surface area contributed by atoms with Gasteiger partial charge < -0.3 is 19.9 Å². The number of carbonyl (C=O) groups excluding carboxylic acids is 1. The highest BCUT2D eigenvalue weighted by Crippen LogP contribution is 2.42. The van der Waals surface area contributed by atoms with E-state index in [1.54, 1.807) is 13.0 Å². The molecule has 8 heteroatoms. The third-order valence-corrected chi connectivity index (χ3v) is 3.46. The number of nitrogens with one attached hydrogen (secondary N) is 1.